The fourth-order valence-electron chi connectivity index (χ4n) is 1.11. The number of hydrogen-bond donors (Lipinski definition) is 0. The average Bonchev–Trinajstić information content (AvgIpc) is 2.08. The van der Waals surface area contributed by atoms with Gasteiger partial charge in [0.2, 0.25) is 0 Å². The zero-order valence-electron chi connectivity index (χ0n) is 8.01. The predicted molar refractivity (Wildman–Crippen MR) is 56.2 cm³/mol. The molecule has 0 N–H and O–H groups in total. The van der Waals surface area contributed by atoms with Gasteiger partial charge in [0.15, 0.2) is 0 Å². The van der Waals surface area contributed by atoms with Crippen molar-refractivity contribution in [2.75, 3.05) is 14.1 Å². The van der Waals surface area contributed by atoms with Gasteiger partial charge in [-0.2, -0.15) is 0 Å². The molecule has 0 aliphatic carbocycles. The van der Waals surface area contributed by atoms with Crippen molar-refractivity contribution in [1.82, 2.24) is 4.90 Å². The highest BCUT2D eigenvalue weighted by atomic mass is 79.9. The molecule has 0 aliphatic heterocycles. The molecule has 0 spiro atoms. The standard InChI is InChI=1S/C10H13BrFN/c1-7(13(2)3)9-6-8(11)4-5-10(9)12/h4-7H,1-3H3. The molecule has 72 valence electrons. The van der Waals surface area contributed by atoms with Crippen LogP contribution in [0.2, 0.25) is 0 Å². The van der Waals surface area contributed by atoms with Crippen LogP contribution < -0.4 is 0 Å². The van der Waals surface area contributed by atoms with Crippen LogP contribution in [-0.4, -0.2) is 19.0 Å². The molecule has 1 nitrogen and oxygen atoms in total. The largest absolute Gasteiger partial charge is 0.303 e. The van der Waals surface area contributed by atoms with E-state index in [-0.39, 0.29) is 11.9 Å². The average molecular weight is 246 g/mol. The van der Waals surface area contributed by atoms with E-state index >= 15 is 0 Å². The number of halogens is 2. The highest BCUT2D eigenvalue weighted by molar-refractivity contribution is 9.10. The molecule has 0 amide bonds. The smallest absolute Gasteiger partial charge is 0.128 e. The van der Waals surface area contributed by atoms with Gasteiger partial charge in [-0.25, -0.2) is 4.39 Å². The first-order chi connectivity index (χ1) is 6.02. The second-order valence-electron chi connectivity index (χ2n) is 3.31. The van der Waals surface area contributed by atoms with E-state index in [9.17, 15) is 4.39 Å². The summed E-state index contributed by atoms with van der Waals surface area (Å²) in [4.78, 5) is 1.98. The van der Waals surface area contributed by atoms with Gasteiger partial charge in [0.05, 0.1) is 0 Å². The number of hydrogen-bond acceptors (Lipinski definition) is 1. The van der Waals surface area contributed by atoms with Crippen LogP contribution in [-0.2, 0) is 0 Å². The van der Waals surface area contributed by atoms with Gasteiger partial charge >= 0.3 is 0 Å². The van der Waals surface area contributed by atoms with E-state index in [1.807, 2.05) is 32.0 Å². The Morgan fingerprint density at radius 2 is 2.00 bits per heavy atom. The fraction of sp³-hybridized carbons (Fsp3) is 0.400. The minimum absolute atomic E-state index is 0.0949. The molecule has 1 unspecified atom stereocenters. The van der Waals surface area contributed by atoms with Gasteiger partial charge < -0.3 is 4.90 Å². The Balaban J connectivity index is 3.05. The Hall–Kier alpha value is -0.410. The van der Waals surface area contributed by atoms with Crippen molar-refractivity contribution >= 4 is 15.9 Å². The van der Waals surface area contributed by atoms with Crippen LogP contribution >= 0.6 is 15.9 Å². The summed E-state index contributed by atoms with van der Waals surface area (Å²) >= 11 is 3.33. The zero-order chi connectivity index (χ0) is 10.0. The third-order valence-corrected chi connectivity index (χ3v) is 2.68. The topological polar surface area (TPSA) is 3.24 Å². The molecule has 1 aromatic rings. The monoisotopic (exact) mass is 245 g/mol. The molecule has 0 fully saturated rings. The van der Waals surface area contributed by atoms with Crippen LogP contribution in [0.25, 0.3) is 0 Å². The maximum atomic E-state index is 13.3. The molecule has 0 bridgehead atoms. The maximum Gasteiger partial charge on any atom is 0.128 e. The summed E-state index contributed by atoms with van der Waals surface area (Å²) in [6.07, 6.45) is 0. The summed E-state index contributed by atoms with van der Waals surface area (Å²) in [7, 11) is 3.87. The third kappa shape index (κ3) is 2.51. The first-order valence-corrected chi connectivity index (χ1v) is 4.93. The molecule has 13 heavy (non-hydrogen) atoms. The van der Waals surface area contributed by atoms with E-state index in [1.54, 1.807) is 6.07 Å². The molecule has 0 radical (unpaired) electrons. The Bertz CT molecular complexity index is 299. The second kappa shape index (κ2) is 4.20. The van der Waals surface area contributed by atoms with Crippen molar-refractivity contribution in [1.29, 1.82) is 0 Å². The van der Waals surface area contributed by atoms with Crippen LogP contribution in [0.5, 0.6) is 0 Å². The first kappa shape index (κ1) is 10.7. The van der Waals surface area contributed by atoms with Crippen LogP contribution in [0.1, 0.15) is 18.5 Å². The number of nitrogens with zero attached hydrogens (tertiary/aromatic N) is 1. The van der Waals surface area contributed by atoms with Gasteiger partial charge in [0, 0.05) is 16.1 Å². The molecule has 1 rings (SSSR count). The molecule has 1 atom stereocenters. The van der Waals surface area contributed by atoms with Gasteiger partial charge in [0.25, 0.3) is 0 Å². The van der Waals surface area contributed by atoms with Gasteiger partial charge in [-0.1, -0.05) is 15.9 Å². The van der Waals surface area contributed by atoms with Gasteiger partial charge in [0.1, 0.15) is 5.82 Å². The van der Waals surface area contributed by atoms with Gasteiger partial charge in [-0.3, -0.25) is 0 Å². The lowest BCUT2D eigenvalue weighted by molar-refractivity contribution is 0.313. The van der Waals surface area contributed by atoms with E-state index < -0.39 is 0 Å². The number of rotatable bonds is 2. The molecule has 0 saturated carbocycles. The maximum absolute atomic E-state index is 13.3. The Morgan fingerprint density at radius 1 is 1.38 bits per heavy atom. The van der Waals surface area contributed by atoms with Crippen LogP contribution in [0.3, 0.4) is 0 Å². The summed E-state index contributed by atoms with van der Waals surface area (Å²) in [5.41, 5.74) is 0.722. The Morgan fingerprint density at radius 3 is 2.54 bits per heavy atom. The zero-order valence-corrected chi connectivity index (χ0v) is 9.60. The van der Waals surface area contributed by atoms with Crippen molar-refractivity contribution in [2.24, 2.45) is 0 Å². The molecule has 3 heteroatoms. The van der Waals surface area contributed by atoms with Crippen molar-refractivity contribution < 1.29 is 4.39 Å². The molecular weight excluding hydrogens is 233 g/mol. The summed E-state index contributed by atoms with van der Waals surface area (Å²) < 4.78 is 14.2. The Labute approximate surface area is 86.7 Å². The van der Waals surface area contributed by atoms with Crippen LogP contribution in [0.4, 0.5) is 4.39 Å². The number of benzene rings is 1. The predicted octanol–water partition coefficient (Wildman–Crippen LogP) is 3.21. The highest BCUT2D eigenvalue weighted by Crippen LogP contribution is 2.24. The first-order valence-electron chi connectivity index (χ1n) is 4.13. The van der Waals surface area contributed by atoms with E-state index in [1.165, 1.54) is 6.07 Å². The Kier molecular flexibility index (Phi) is 3.45. The van der Waals surface area contributed by atoms with Gasteiger partial charge in [-0.05, 0) is 39.2 Å². The minimum atomic E-state index is -0.149. The van der Waals surface area contributed by atoms with Crippen molar-refractivity contribution in [3.8, 4) is 0 Å². The fourth-order valence-corrected chi connectivity index (χ4v) is 1.49. The van der Waals surface area contributed by atoms with E-state index in [0.29, 0.717) is 0 Å². The van der Waals surface area contributed by atoms with E-state index in [4.69, 9.17) is 0 Å². The molecule has 0 heterocycles. The van der Waals surface area contributed by atoms with Crippen molar-refractivity contribution in [3.63, 3.8) is 0 Å². The lowest BCUT2D eigenvalue weighted by Gasteiger charge is -2.20. The van der Waals surface area contributed by atoms with E-state index in [2.05, 4.69) is 15.9 Å². The summed E-state index contributed by atoms with van der Waals surface area (Å²) in [6, 6.07) is 5.11. The third-order valence-electron chi connectivity index (χ3n) is 2.18. The SMILES string of the molecule is CC(c1cc(Br)ccc1F)N(C)C. The molecular formula is C10H13BrFN. The van der Waals surface area contributed by atoms with Crippen LogP contribution in [0.15, 0.2) is 22.7 Å². The summed E-state index contributed by atoms with van der Waals surface area (Å²) in [5, 5.41) is 0. The molecule has 0 saturated heterocycles. The lowest BCUT2D eigenvalue weighted by atomic mass is 10.1. The second-order valence-corrected chi connectivity index (χ2v) is 4.22. The highest BCUT2D eigenvalue weighted by Gasteiger charge is 2.12. The molecule has 0 aromatic heterocycles. The van der Waals surface area contributed by atoms with Gasteiger partial charge in [-0.15, -0.1) is 0 Å². The summed E-state index contributed by atoms with van der Waals surface area (Å²) in [6.45, 7) is 1.98. The lowest BCUT2D eigenvalue weighted by Crippen LogP contribution is -2.17. The normalized spacial score (nSPS) is 13.4. The molecule has 1 aromatic carbocycles. The van der Waals surface area contributed by atoms with Crippen molar-refractivity contribution in [3.05, 3.63) is 34.1 Å². The van der Waals surface area contributed by atoms with Crippen molar-refractivity contribution in [2.45, 2.75) is 13.0 Å². The molecule has 0 aliphatic rings. The van der Waals surface area contributed by atoms with Crippen LogP contribution in [0, 0.1) is 5.82 Å². The minimum Gasteiger partial charge on any atom is -0.303 e. The van der Waals surface area contributed by atoms with E-state index in [0.717, 1.165) is 10.0 Å². The summed E-state index contributed by atoms with van der Waals surface area (Å²) in [5.74, 6) is -0.149. The quantitative estimate of drug-likeness (QED) is 0.774.